The van der Waals surface area contributed by atoms with Gasteiger partial charge in [0.1, 0.15) is 5.82 Å². The van der Waals surface area contributed by atoms with Crippen LogP contribution in [0.3, 0.4) is 0 Å². The van der Waals surface area contributed by atoms with E-state index in [-0.39, 0.29) is 17.5 Å². The topological polar surface area (TPSA) is 46.5 Å². The highest BCUT2D eigenvalue weighted by molar-refractivity contribution is 5.84. The molecule has 1 N–H and O–H groups in total. The number of allylic oxidation sites excluding steroid dienone is 1. The van der Waals surface area contributed by atoms with E-state index in [4.69, 9.17) is 5.11 Å². The van der Waals surface area contributed by atoms with Crippen LogP contribution in [0, 0.1) is 5.82 Å². The van der Waals surface area contributed by atoms with Crippen LogP contribution in [0.5, 0.6) is 0 Å². The molecule has 1 atom stereocenters. The number of ether oxygens (including phenoxy) is 1. The van der Waals surface area contributed by atoms with Gasteiger partial charge in [-0.2, -0.15) is 0 Å². The minimum Gasteiger partial charge on any atom is -0.490 e. The molecule has 1 aromatic carbocycles. The maximum atomic E-state index is 13.4. The second-order valence-corrected chi connectivity index (χ2v) is 3.35. The van der Waals surface area contributed by atoms with Gasteiger partial charge in [-0.1, -0.05) is 25.1 Å². The van der Waals surface area contributed by atoms with Crippen LogP contribution in [-0.2, 0) is 9.53 Å². The average Bonchev–Trinajstić information content (AvgIpc) is 2.25. The summed E-state index contributed by atoms with van der Waals surface area (Å²) in [5.74, 6) is -2.05. The molecule has 0 bridgehead atoms. The van der Waals surface area contributed by atoms with E-state index in [1.807, 2.05) is 0 Å². The van der Waals surface area contributed by atoms with Gasteiger partial charge in [-0.15, -0.1) is 0 Å². The van der Waals surface area contributed by atoms with Gasteiger partial charge in [0.05, 0.1) is 7.11 Å². The lowest BCUT2D eigenvalue weighted by Crippen LogP contribution is -2.05. The molecule has 0 saturated heterocycles. The quantitative estimate of drug-likeness (QED) is 0.631. The minimum absolute atomic E-state index is 0.184. The Labute approximate surface area is 93.2 Å². The third-order valence-corrected chi connectivity index (χ3v) is 2.23. The zero-order chi connectivity index (χ0) is 12.1. The Bertz CT molecular complexity index is 412. The van der Waals surface area contributed by atoms with E-state index in [9.17, 15) is 9.18 Å². The standard InChI is InChI=1S/C12H13FO3/c1-8(7-11(16-2)12(14)15)9-5-3-4-6-10(9)13/h3-8H,1-2H3,(H,14,15)/b11-7-. The Balaban J connectivity index is 2.99. The summed E-state index contributed by atoms with van der Waals surface area (Å²) in [6, 6.07) is 6.25. The molecule has 0 aliphatic carbocycles. The molecule has 1 aromatic rings. The summed E-state index contributed by atoms with van der Waals surface area (Å²) >= 11 is 0. The smallest absolute Gasteiger partial charge is 0.370 e. The Morgan fingerprint density at radius 3 is 2.62 bits per heavy atom. The van der Waals surface area contributed by atoms with E-state index in [0.717, 1.165) is 0 Å². The molecule has 3 nitrogen and oxygen atoms in total. The van der Waals surface area contributed by atoms with E-state index < -0.39 is 5.97 Å². The molecular weight excluding hydrogens is 211 g/mol. The van der Waals surface area contributed by atoms with Gasteiger partial charge < -0.3 is 9.84 Å². The van der Waals surface area contributed by atoms with Crippen LogP contribution in [0.1, 0.15) is 18.4 Å². The molecule has 0 aliphatic heterocycles. The van der Waals surface area contributed by atoms with Crippen LogP contribution in [0.2, 0.25) is 0 Å². The normalized spacial score (nSPS) is 13.3. The van der Waals surface area contributed by atoms with Crippen molar-refractivity contribution in [3.05, 3.63) is 47.5 Å². The lowest BCUT2D eigenvalue weighted by Gasteiger charge is -2.09. The monoisotopic (exact) mass is 224 g/mol. The van der Waals surface area contributed by atoms with Crippen molar-refractivity contribution < 1.29 is 19.0 Å². The number of carboxylic acids is 1. The SMILES string of the molecule is CO/C(=C\C(C)c1ccccc1F)C(=O)O. The number of benzene rings is 1. The number of halogens is 1. The van der Waals surface area contributed by atoms with Crippen LogP contribution >= 0.6 is 0 Å². The molecule has 0 amide bonds. The highest BCUT2D eigenvalue weighted by Gasteiger charge is 2.13. The van der Waals surface area contributed by atoms with Crippen molar-refractivity contribution >= 4 is 5.97 Å². The largest absolute Gasteiger partial charge is 0.490 e. The fraction of sp³-hybridized carbons (Fsp3) is 0.250. The number of aliphatic carboxylic acids is 1. The molecule has 0 heterocycles. The predicted octanol–water partition coefficient (Wildman–Crippen LogP) is 2.54. The van der Waals surface area contributed by atoms with Gasteiger partial charge in [0, 0.05) is 5.92 Å². The first kappa shape index (κ1) is 12.2. The number of hydrogen-bond donors (Lipinski definition) is 1. The third kappa shape index (κ3) is 2.82. The molecule has 0 aromatic heterocycles. The van der Waals surface area contributed by atoms with E-state index in [0.29, 0.717) is 5.56 Å². The molecule has 0 saturated carbocycles. The first-order valence-corrected chi connectivity index (χ1v) is 4.79. The van der Waals surface area contributed by atoms with Gasteiger partial charge >= 0.3 is 5.97 Å². The second-order valence-electron chi connectivity index (χ2n) is 3.35. The maximum Gasteiger partial charge on any atom is 0.370 e. The summed E-state index contributed by atoms with van der Waals surface area (Å²) in [6.07, 6.45) is 1.38. The van der Waals surface area contributed by atoms with Gasteiger partial charge in [-0.3, -0.25) is 0 Å². The van der Waals surface area contributed by atoms with E-state index in [1.165, 1.54) is 19.3 Å². The fourth-order valence-corrected chi connectivity index (χ4v) is 1.39. The van der Waals surface area contributed by atoms with Crippen LogP contribution in [0.25, 0.3) is 0 Å². The van der Waals surface area contributed by atoms with Crippen molar-refractivity contribution in [1.82, 2.24) is 0 Å². The fourth-order valence-electron chi connectivity index (χ4n) is 1.39. The summed E-state index contributed by atoms with van der Waals surface area (Å²) in [5, 5.41) is 8.75. The van der Waals surface area contributed by atoms with E-state index in [1.54, 1.807) is 25.1 Å². The van der Waals surface area contributed by atoms with Crippen molar-refractivity contribution in [1.29, 1.82) is 0 Å². The maximum absolute atomic E-state index is 13.4. The number of carbonyl (C=O) groups is 1. The Morgan fingerprint density at radius 1 is 1.50 bits per heavy atom. The Kier molecular flexibility index (Phi) is 4.05. The van der Waals surface area contributed by atoms with Gasteiger partial charge in [0.15, 0.2) is 0 Å². The van der Waals surface area contributed by atoms with Gasteiger partial charge in [0.2, 0.25) is 5.76 Å². The number of rotatable bonds is 4. The van der Waals surface area contributed by atoms with Gasteiger partial charge in [-0.05, 0) is 17.7 Å². The molecule has 16 heavy (non-hydrogen) atoms. The molecule has 0 radical (unpaired) electrons. The second kappa shape index (κ2) is 5.30. The van der Waals surface area contributed by atoms with Crippen molar-refractivity contribution in [2.45, 2.75) is 12.8 Å². The Morgan fingerprint density at radius 2 is 2.12 bits per heavy atom. The molecule has 0 spiro atoms. The molecule has 1 unspecified atom stereocenters. The van der Waals surface area contributed by atoms with E-state index >= 15 is 0 Å². The summed E-state index contributed by atoms with van der Waals surface area (Å²) in [7, 11) is 1.27. The van der Waals surface area contributed by atoms with Crippen molar-refractivity contribution in [2.24, 2.45) is 0 Å². The predicted molar refractivity (Wildman–Crippen MR) is 57.5 cm³/mol. The number of hydrogen-bond acceptors (Lipinski definition) is 2. The zero-order valence-electron chi connectivity index (χ0n) is 9.11. The van der Waals surface area contributed by atoms with Crippen LogP contribution in [0.4, 0.5) is 4.39 Å². The van der Waals surface area contributed by atoms with E-state index in [2.05, 4.69) is 4.74 Å². The van der Waals surface area contributed by atoms with Crippen molar-refractivity contribution in [3.63, 3.8) is 0 Å². The molecule has 1 rings (SSSR count). The molecular formula is C12H13FO3. The number of methoxy groups -OCH3 is 1. The summed E-state index contributed by atoms with van der Waals surface area (Å²) in [6.45, 7) is 1.71. The van der Waals surface area contributed by atoms with Gasteiger partial charge in [-0.25, -0.2) is 9.18 Å². The van der Waals surface area contributed by atoms with Gasteiger partial charge in [0.25, 0.3) is 0 Å². The lowest BCUT2D eigenvalue weighted by atomic mass is 10.00. The third-order valence-electron chi connectivity index (χ3n) is 2.23. The first-order chi connectivity index (χ1) is 7.56. The summed E-state index contributed by atoms with van der Waals surface area (Å²) < 4.78 is 18.1. The lowest BCUT2D eigenvalue weighted by molar-refractivity contribution is -0.136. The zero-order valence-corrected chi connectivity index (χ0v) is 9.11. The minimum atomic E-state index is -1.16. The highest BCUT2D eigenvalue weighted by atomic mass is 19.1. The van der Waals surface area contributed by atoms with Crippen LogP contribution in [0.15, 0.2) is 36.1 Å². The highest BCUT2D eigenvalue weighted by Crippen LogP contribution is 2.21. The van der Waals surface area contributed by atoms with Crippen LogP contribution < -0.4 is 0 Å². The summed E-state index contributed by atoms with van der Waals surface area (Å²) in [4.78, 5) is 10.7. The first-order valence-electron chi connectivity index (χ1n) is 4.79. The number of carboxylic acid groups (broad SMARTS) is 1. The van der Waals surface area contributed by atoms with Crippen molar-refractivity contribution in [2.75, 3.05) is 7.11 Å². The van der Waals surface area contributed by atoms with Crippen molar-refractivity contribution in [3.8, 4) is 0 Å². The Hall–Kier alpha value is -1.84. The summed E-state index contributed by atoms with van der Waals surface area (Å²) in [5.41, 5.74) is 0.443. The molecule has 4 heteroatoms. The average molecular weight is 224 g/mol. The molecule has 0 fully saturated rings. The molecule has 0 aliphatic rings. The molecule has 86 valence electrons. The van der Waals surface area contributed by atoms with Crippen LogP contribution in [-0.4, -0.2) is 18.2 Å².